The number of amides is 3. The Kier molecular flexibility index (Phi) is 3.88. The van der Waals surface area contributed by atoms with Crippen molar-refractivity contribution in [3.05, 3.63) is 81.5 Å². The molecule has 1 atom stereocenters. The molecule has 2 aromatic rings. The molecule has 0 bridgehead atoms. The second-order valence-corrected chi connectivity index (χ2v) is 6.38. The number of carbonyl (C=O) groups is 2. The lowest BCUT2D eigenvalue weighted by Crippen LogP contribution is -2.45. The highest BCUT2D eigenvalue weighted by atomic mass is 16.6. The molecule has 0 aliphatic carbocycles. The summed E-state index contributed by atoms with van der Waals surface area (Å²) in [5.41, 5.74) is 2.18. The zero-order valence-corrected chi connectivity index (χ0v) is 14.5. The van der Waals surface area contributed by atoms with E-state index >= 15 is 0 Å². The topological polar surface area (TPSA) is 95.8 Å². The van der Waals surface area contributed by atoms with Gasteiger partial charge in [-0.2, -0.15) is 0 Å². The van der Waals surface area contributed by atoms with Gasteiger partial charge in [-0.1, -0.05) is 30.3 Å². The van der Waals surface area contributed by atoms with Gasteiger partial charge in [0.2, 0.25) is 0 Å². The van der Waals surface area contributed by atoms with Crippen molar-refractivity contribution in [1.82, 2.24) is 10.2 Å². The number of nitrogens with zero attached hydrogens (tertiary/aromatic N) is 3. The fourth-order valence-corrected chi connectivity index (χ4v) is 3.45. The zero-order chi connectivity index (χ0) is 19.1. The van der Waals surface area contributed by atoms with Crippen LogP contribution in [0.15, 0.2) is 65.9 Å². The number of nitro groups is 1. The van der Waals surface area contributed by atoms with Crippen molar-refractivity contribution in [2.24, 2.45) is 0 Å². The number of urea groups is 1. The van der Waals surface area contributed by atoms with Crippen molar-refractivity contribution in [3.63, 3.8) is 0 Å². The maximum atomic E-state index is 13.2. The first-order valence-electron chi connectivity index (χ1n) is 8.36. The Balaban J connectivity index is 1.78. The van der Waals surface area contributed by atoms with Gasteiger partial charge < -0.3 is 10.2 Å². The number of anilines is 1. The number of nitro benzene ring substituents is 1. The molecule has 1 N–H and O–H groups in total. The Morgan fingerprint density at radius 2 is 1.85 bits per heavy atom. The van der Waals surface area contributed by atoms with Crippen LogP contribution in [-0.4, -0.2) is 35.4 Å². The molecule has 3 amide bonds. The molecule has 0 fully saturated rings. The number of non-ortho nitro benzene ring substituents is 1. The average Bonchev–Trinajstić information content (AvgIpc) is 3.03. The third kappa shape index (κ3) is 2.71. The Labute approximate surface area is 154 Å². The largest absolute Gasteiger partial charge is 0.327 e. The number of rotatable bonds is 3. The predicted octanol–water partition coefficient (Wildman–Crippen LogP) is 2.59. The van der Waals surface area contributed by atoms with Gasteiger partial charge in [0.15, 0.2) is 0 Å². The summed E-state index contributed by atoms with van der Waals surface area (Å²) in [6.07, 6.45) is 0. The molecule has 27 heavy (non-hydrogen) atoms. The molecule has 0 unspecified atom stereocenters. The summed E-state index contributed by atoms with van der Waals surface area (Å²) in [4.78, 5) is 39.2. The summed E-state index contributed by atoms with van der Waals surface area (Å²) in [7, 11) is 1.61. The van der Waals surface area contributed by atoms with Crippen LogP contribution in [0.25, 0.3) is 0 Å². The molecule has 136 valence electrons. The summed E-state index contributed by atoms with van der Waals surface area (Å²) < 4.78 is 0. The zero-order valence-electron chi connectivity index (χ0n) is 14.5. The van der Waals surface area contributed by atoms with Crippen molar-refractivity contribution in [2.75, 3.05) is 18.5 Å². The highest BCUT2D eigenvalue weighted by Gasteiger charge is 2.43. The molecule has 0 spiro atoms. The molecule has 2 aromatic carbocycles. The summed E-state index contributed by atoms with van der Waals surface area (Å²) in [6.45, 7) is 0.271. The lowest BCUT2D eigenvalue weighted by Gasteiger charge is -2.30. The van der Waals surface area contributed by atoms with Gasteiger partial charge in [0, 0.05) is 24.9 Å². The maximum Gasteiger partial charge on any atom is 0.322 e. The minimum absolute atomic E-state index is 0.0896. The molecule has 2 heterocycles. The number of carbonyl (C=O) groups excluding carboxylic acids is 2. The Hall–Kier alpha value is -3.68. The van der Waals surface area contributed by atoms with Crippen LogP contribution in [0.2, 0.25) is 0 Å². The van der Waals surface area contributed by atoms with Gasteiger partial charge >= 0.3 is 6.03 Å². The van der Waals surface area contributed by atoms with Crippen molar-refractivity contribution >= 4 is 23.3 Å². The van der Waals surface area contributed by atoms with E-state index in [9.17, 15) is 19.7 Å². The van der Waals surface area contributed by atoms with E-state index in [1.54, 1.807) is 24.1 Å². The van der Waals surface area contributed by atoms with E-state index in [-0.39, 0.29) is 24.2 Å². The minimum Gasteiger partial charge on any atom is -0.327 e. The Morgan fingerprint density at radius 1 is 1.11 bits per heavy atom. The summed E-state index contributed by atoms with van der Waals surface area (Å²) >= 11 is 0. The summed E-state index contributed by atoms with van der Waals surface area (Å²) in [6, 6.07) is 14.1. The molecular formula is C19H16N4O4. The van der Waals surface area contributed by atoms with Crippen molar-refractivity contribution in [3.8, 4) is 0 Å². The van der Waals surface area contributed by atoms with Crippen molar-refractivity contribution in [1.29, 1.82) is 0 Å². The first-order valence-corrected chi connectivity index (χ1v) is 8.36. The number of hydrogen-bond acceptors (Lipinski definition) is 4. The van der Waals surface area contributed by atoms with Gasteiger partial charge in [0.1, 0.15) is 0 Å². The smallest absolute Gasteiger partial charge is 0.322 e. The quantitative estimate of drug-likeness (QED) is 0.669. The van der Waals surface area contributed by atoms with Crippen LogP contribution in [0.4, 0.5) is 16.2 Å². The number of para-hydroxylation sites is 1. The molecule has 0 radical (unpaired) electrons. The van der Waals surface area contributed by atoms with E-state index < -0.39 is 11.0 Å². The van der Waals surface area contributed by atoms with E-state index in [0.29, 0.717) is 16.8 Å². The molecule has 2 aliphatic heterocycles. The summed E-state index contributed by atoms with van der Waals surface area (Å²) in [5, 5.41) is 13.9. The van der Waals surface area contributed by atoms with E-state index in [1.807, 2.05) is 30.3 Å². The fraction of sp³-hybridized carbons (Fsp3) is 0.158. The number of benzene rings is 2. The first kappa shape index (κ1) is 16.8. The normalized spacial score (nSPS) is 19.2. The molecule has 8 heteroatoms. The molecule has 8 nitrogen and oxygen atoms in total. The number of hydrogen-bond donors (Lipinski definition) is 1. The van der Waals surface area contributed by atoms with Gasteiger partial charge in [-0.25, -0.2) is 4.79 Å². The van der Waals surface area contributed by atoms with Gasteiger partial charge in [0.25, 0.3) is 11.6 Å². The highest BCUT2D eigenvalue weighted by Crippen LogP contribution is 2.38. The van der Waals surface area contributed by atoms with Crippen molar-refractivity contribution in [2.45, 2.75) is 6.04 Å². The molecule has 4 rings (SSSR count). The van der Waals surface area contributed by atoms with Crippen LogP contribution in [0.3, 0.4) is 0 Å². The maximum absolute atomic E-state index is 13.2. The van der Waals surface area contributed by atoms with Crippen LogP contribution in [0.5, 0.6) is 0 Å². The SMILES string of the molecule is CN1C(=O)N[C@H](c2cccc([N+](=O)[O-])c2)C2=C1CN(c1ccccc1)C2=O. The second kappa shape index (κ2) is 6.24. The van der Waals surface area contributed by atoms with Gasteiger partial charge in [-0.15, -0.1) is 0 Å². The lowest BCUT2D eigenvalue weighted by molar-refractivity contribution is -0.384. The molecule has 0 saturated carbocycles. The molecule has 0 saturated heterocycles. The second-order valence-electron chi connectivity index (χ2n) is 6.38. The number of likely N-dealkylation sites (N-methyl/N-ethyl adjacent to an activating group) is 1. The lowest BCUT2D eigenvalue weighted by atomic mass is 9.95. The van der Waals surface area contributed by atoms with E-state index in [2.05, 4.69) is 5.32 Å². The van der Waals surface area contributed by atoms with Crippen LogP contribution in [-0.2, 0) is 4.79 Å². The highest BCUT2D eigenvalue weighted by molar-refractivity contribution is 6.11. The van der Waals surface area contributed by atoms with Gasteiger partial charge in [-0.05, 0) is 17.7 Å². The van der Waals surface area contributed by atoms with Crippen LogP contribution in [0.1, 0.15) is 11.6 Å². The third-order valence-corrected chi connectivity index (χ3v) is 4.84. The summed E-state index contributed by atoms with van der Waals surface area (Å²) in [5.74, 6) is -0.223. The predicted molar refractivity (Wildman–Crippen MR) is 98.0 cm³/mol. The van der Waals surface area contributed by atoms with Crippen LogP contribution in [0, 0.1) is 10.1 Å². The van der Waals surface area contributed by atoms with Crippen LogP contribution < -0.4 is 10.2 Å². The van der Waals surface area contributed by atoms with Gasteiger partial charge in [-0.3, -0.25) is 19.8 Å². The molecule has 0 aromatic heterocycles. The third-order valence-electron chi connectivity index (χ3n) is 4.84. The Bertz CT molecular complexity index is 986. The monoisotopic (exact) mass is 364 g/mol. The van der Waals surface area contributed by atoms with E-state index in [4.69, 9.17) is 0 Å². The first-order chi connectivity index (χ1) is 13.0. The fourth-order valence-electron chi connectivity index (χ4n) is 3.45. The molecule has 2 aliphatic rings. The van der Waals surface area contributed by atoms with Gasteiger partial charge in [0.05, 0.1) is 28.8 Å². The molecular weight excluding hydrogens is 348 g/mol. The minimum atomic E-state index is -0.732. The van der Waals surface area contributed by atoms with E-state index in [1.165, 1.54) is 17.0 Å². The average molecular weight is 364 g/mol. The Morgan fingerprint density at radius 3 is 2.56 bits per heavy atom. The van der Waals surface area contributed by atoms with E-state index in [0.717, 1.165) is 5.69 Å². The van der Waals surface area contributed by atoms with Crippen molar-refractivity contribution < 1.29 is 14.5 Å². The number of nitrogens with one attached hydrogen (secondary N) is 1. The van der Waals surface area contributed by atoms with Crippen LogP contribution >= 0.6 is 0 Å². The standard InChI is InChI=1S/C19H16N4O4/c1-21-15-11-22(13-7-3-2-4-8-13)18(24)16(15)17(20-19(21)25)12-6-5-9-14(10-12)23(26)27/h2-10,17H,11H2,1H3,(H,20,25)/t17-/m1/s1.